The Kier molecular flexibility index (Phi) is 3.12. The molecule has 1 aromatic rings. The van der Waals surface area contributed by atoms with Crippen LogP contribution in [0.4, 0.5) is 0 Å². The Labute approximate surface area is 80.8 Å². The summed E-state index contributed by atoms with van der Waals surface area (Å²) in [5.74, 6) is 1.75. The van der Waals surface area contributed by atoms with Crippen molar-refractivity contribution in [3.63, 3.8) is 0 Å². The molecule has 13 heavy (non-hydrogen) atoms. The molecule has 0 saturated heterocycles. The summed E-state index contributed by atoms with van der Waals surface area (Å²) in [4.78, 5) is 7.62. The summed E-state index contributed by atoms with van der Waals surface area (Å²) in [6.07, 6.45) is 1.81. The highest BCUT2D eigenvalue weighted by Crippen LogP contribution is 2.27. The third kappa shape index (κ3) is 2.11. The van der Waals surface area contributed by atoms with Crippen LogP contribution in [0.3, 0.4) is 0 Å². The van der Waals surface area contributed by atoms with E-state index in [0.717, 1.165) is 0 Å². The molecule has 0 aliphatic rings. The quantitative estimate of drug-likeness (QED) is 0.759. The highest BCUT2D eigenvalue weighted by atomic mass is 14.9. The maximum absolute atomic E-state index is 4.36. The van der Waals surface area contributed by atoms with Crippen LogP contribution in [-0.4, -0.2) is 9.97 Å². The molecule has 1 aromatic heterocycles. The Bertz CT molecular complexity index is 261. The molecule has 1 heterocycles. The van der Waals surface area contributed by atoms with Crippen LogP contribution in [0, 0.1) is 5.92 Å². The molecule has 1 N–H and O–H groups in total. The van der Waals surface area contributed by atoms with Crippen molar-refractivity contribution in [2.45, 2.75) is 46.5 Å². The lowest BCUT2D eigenvalue weighted by molar-refractivity contribution is 0.518. The Morgan fingerprint density at radius 1 is 1.15 bits per heavy atom. The molecule has 1 rings (SSSR count). The first-order chi connectivity index (χ1) is 6.04. The number of hydrogen-bond donors (Lipinski definition) is 1. The van der Waals surface area contributed by atoms with Crippen LogP contribution in [0.5, 0.6) is 0 Å². The SMILES string of the molecule is CC(C)c1nc[nH]c1C(C)C(C)C. The minimum absolute atomic E-state index is 0.516. The van der Waals surface area contributed by atoms with Gasteiger partial charge < -0.3 is 4.98 Å². The molecule has 0 radical (unpaired) electrons. The summed E-state index contributed by atoms with van der Waals surface area (Å²) in [6.45, 7) is 11.1. The molecule has 0 aromatic carbocycles. The van der Waals surface area contributed by atoms with Crippen molar-refractivity contribution in [3.05, 3.63) is 17.7 Å². The maximum Gasteiger partial charge on any atom is 0.0925 e. The molecule has 0 aliphatic carbocycles. The van der Waals surface area contributed by atoms with Gasteiger partial charge in [-0.2, -0.15) is 0 Å². The van der Waals surface area contributed by atoms with Gasteiger partial charge in [0.15, 0.2) is 0 Å². The van der Waals surface area contributed by atoms with Gasteiger partial charge in [-0.05, 0) is 11.8 Å². The van der Waals surface area contributed by atoms with Gasteiger partial charge in [0.2, 0.25) is 0 Å². The first kappa shape index (κ1) is 10.3. The lowest BCUT2D eigenvalue weighted by atomic mass is 9.91. The molecule has 2 heteroatoms. The van der Waals surface area contributed by atoms with Crippen molar-refractivity contribution >= 4 is 0 Å². The van der Waals surface area contributed by atoms with Gasteiger partial charge in [0.05, 0.1) is 12.0 Å². The zero-order chi connectivity index (χ0) is 10.0. The minimum Gasteiger partial charge on any atom is -0.348 e. The van der Waals surface area contributed by atoms with Crippen molar-refractivity contribution in [3.8, 4) is 0 Å². The molecule has 1 unspecified atom stereocenters. The van der Waals surface area contributed by atoms with Gasteiger partial charge in [0, 0.05) is 11.6 Å². The molecule has 1 atom stereocenters. The number of hydrogen-bond acceptors (Lipinski definition) is 1. The predicted molar refractivity (Wildman–Crippen MR) is 55.9 cm³/mol. The second-order valence-electron chi connectivity index (χ2n) is 4.39. The number of aromatic nitrogens is 2. The van der Waals surface area contributed by atoms with Crippen LogP contribution in [0.1, 0.15) is 57.8 Å². The van der Waals surface area contributed by atoms with Crippen molar-refractivity contribution in [1.29, 1.82) is 0 Å². The van der Waals surface area contributed by atoms with E-state index < -0.39 is 0 Å². The van der Waals surface area contributed by atoms with Gasteiger partial charge >= 0.3 is 0 Å². The van der Waals surface area contributed by atoms with E-state index >= 15 is 0 Å². The monoisotopic (exact) mass is 180 g/mol. The molecular formula is C11H20N2. The third-order valence-electron chi connectivity index (χ3n) is 2.70. The predicted octanol–water partition coefficient (Wildman–Crippen LogP) is 3.29. The molecule has 0 bridgehead atoms. The number of imidazole rings is 1. The largest absolute Gasteiger partial charge is 0.348 e. The van der Waals surface area contributed by atoms with E-state index in [9.17, 15) is 0 Å². The average molecular weight is 180 g/mol. The van der Waals surface area contributed by atoms with Crippen molar-refractivity contribution in [2.24, 2.45) is 5.92 Å². The number of nitrogens with one attached hydrogen (secondary N) is 1. The highest BCUT2D eigenvalue weighted by molar-refractivity contribution is 5.19. The Balaban J connectivity index is 2.93. The van der Waals surface area contributed by atoms with E-state index in [0.29, 0.717) is 17.8 Å². The second kappa shape index (κ2) is 3.95. The second-order valence-corrected chi connectivity index (χ2v) is 4.39. The molecule has 0 amide bonds. The zero-order valence-electron chi connectivity index (χ0n) is 9.26. The Hall–Kier alpha value is -0.790. The highest BCUT2D eigenvalue weighted by Gasteiger charge is 2.17. The Morgan fingerprint density at radius 2 is 1.77 bits per heavy atom. The summed E-state index contributed by atoms with van der Waals surface area (Å²) >= 11 is 0. The van der Waals surface area contributed by atoms with Crippen LogP contribution < -0.4 is 0 Å². The Morgan fingerprint density at radius 3 is 2.23 bits per heavy atom. The van der Waals surface area contributed by atoms with Crippen LogP contribution in [-0.2, 0) is 0 Å². The van der Waals surface area contributed by atoms with Gasteiger partial charge in [-0.1, -0.05) is 34.6 Å². The van der Waals surface area contributed by atoms with Crippen molar-refractivity contribution in [2.75, 3.05) is 0 Å². The first-order valence-corrected chi connectivity index (χ1v) is 5.07. The van der Waals surface area contributed by atoms with Gasteiger partial charge in [-0.3, -0.25) is 0 Å². The van der Waals surface area contributed by atoms with Crippen LogP contribution >= 0.6 is 0 Å². The molecule has 2 nitrogen and oxygen atoms in total. The summed E-state index contributed by atoms with van der Waals surface area (Å²) in [5.41, 5.74) is 2.53. The van der Waals surface area contributed by atoms with Gasteiger partial charge in [0.25, 0.3) is 0 Å². The summed E-state index contributed by atoms with van der Waals surface area (Å²) < 4.78 is 0. The van der Waals surface area contributed by atoms with Crippen molar-refractivity contribution < 1.29 is 0 Å². The van der Waals surface area contributed by atoms with E-state index in [2.05, 4.69) is 44.6 Å². The molecule has 74 valence electrons. The lowest BCUT2D eigenvalue weighted by Crippen LogP contribution is -2.06. The fraction of sp³-hybridized carbons (Fsp3) is 0.727. The fourth-order valence-corrected chi connectivity index (χ4v) is 1.47. The zero-order valence-corrected chi connectivity index (χ0v) is 9.26. The number of rotatable bonds is 3. The lowest BCUT2D eigenvalue weighted by Gasteiger charge is -2.16. The number of nitrogens with zero attached hydrogens (tertiary/aromatic N) is 1. The minimum atomic E-state index is 0.516. The van der Waals surface area contributed by atoms with E-state index in [4.69, 9.17) is 0 Å². The first-order valence-electron chi connectivity index (χ1n) is 5.07. The van der Waals surface area contributed by atoms with Gasteiger partial charge in [-0.25, -0.2) is 4.98 Å². The average Bonchev–Trinajstić information content (AvgIpc) is 2.50. The summed E-state index contributed by atoms with van der Waals surface area (Å²) in [5, 5.41) is 0. The molecule has 0 fully saturated rings. The van der Waals surface area contributed by atoms with Crippen LogP contribution in [0.2, 0.25) is 0 Å². The van der Waals surface area contributed by atoms with E-state index in [-0.39, 0.29) is 0 Å². The smallest absolute Gasteiger partial charge is 0.0925 e. The molecular weight excluding hydrogens is 160 g/mol. The molecule has 0 saturated carbocycles. The van der Waals surface area contributed by atoms with E-state index in [1.807, 2.05) is 6.33 Å². The van der Waals surface area contributed by atoms with Crippen LogP contribution in [0.25, 0.3) is 0 Å². The summed E-state index contributed by atoms with van der Waals surface area (Å²) in [7, 11) is 0. The van der Waals surface area contributed by atoms with Crippen molar-refractivity contribution in [1.82, 2.24) is 9.97 Å². The topological polar surface area (TPSA) is 28.7 Å². The normalized spacial score (nSPS) is 14.1. The van der Waals surface area contributed by atoms with Gasteiger partial charge in [-0.15, -0.1) is 0 Å². The van der Waals surface area contributed by atoms with E-state index in [1.165, 1.54) is 11.4 Å². The molecule has 0 aliphatic heterocycles. The number of H-pyrrole nitrogens is 1. The van der Waals surface area contributed by atoms with Gasteiger partial charge in [0.1, 0.15) is 0 Å². The standard InChI is InChI=1S/C11H20N2/c1-7(2)9(5)11-10(8(3)4)12-6-13-11/h6-9H,1-5H3,(H,12,13). The third-order valence-corrected chi connectivity index (χ3v) is 2.70. The summed E-state index contributed by atoms with van der Waals surface area (Å²) in [6, 6.07) is 0. The number of aromatic amines is 1. The van der Waals surface area contributed by atoms with Crippen LogP contribution in [0.15, 0.2) is 6.33 Å². The molecule has 0 spiro atoms. The fourth-order valence-electron chi connectivity index (χ4n) is 1.47. The van der Waals surface area contributed by atoms with E-state index in [1.54, 1.807) is 0 Å². The maximum atomic E-state index is 4.36.